The van der Waals surface area contributed by atoms with E-state index in [4.69, 9.17) is 5.73 Å². The van der Waals surface area contributed by atoms with Gasteiger partial charge in [-0.15, -0.1) is 0 Å². The summed E-state index contributed by atoms with van der Waals surface area (Å²) in [5, 5.41) is 3.35. The third-order valence-corrected chi connectivity index (χ3v) is 3.48. The molecule has 4 heteroatoms. The van der Waals surface area contributed by atoms with E-state index in [0.717, 1.165) is 6.54 Å². The van der Waals surface area contributed by atoms with E-state index >= 15 is 0 Å². The minimum atomic E-state index is -0.0814. The maximum Gasteiger partial charge on any atom is 0.221 e. The maximum absolute atomic E-state index is 11.5. The normalized spacial score (nSPS) is 15.9. The second-order valence-electron chi connectivity index (χ2n) is 5.03. The molecule has 0 spiro atoms. The molecule has 0 aromatic rings. The summed E-state index contributed by atoms with van der Waals surface area (Å²) in [7, 11) is 0. The molecule has 0 aliphatic heterocycles. The number of nitrogens with two attached hydrogens (primary N) is 1. The fourth-order valence-corrected chi connectivity index (χ4v) is 1.17. The number of nitrogens with one attached hydrogen (secondary N) is 1. The van der Waals surface area contributed by atoms with Crippen LogP contribution >= 0.6 is 11.8 Å². The highest BCUT2D eigenvalue weighted by molar-refractivity contribution is 7.99. The number of amides is 1. The molecule has 0 radical (unpaired) electrons. The van der Waals surface area contributed by atoms with Crippen LogP contribution in [0.2, 0.25) is 0 Å². The summed E-state index contributed by atoms with van der Waals surface area (Å²) in [5.41, 5.74) is 5.91. The summed E-state index contributed by atoms with van der Waals surface area (Å²) >= 11 is 1.75. The fourth-order valence-electron chi connectivity index (χ4n) is 0.919. The first kappa shape index (κ1) is 14.8. The van der Waals surface area contributed by atoms with Crippen molar-refractivity contribution in [2.75, 3.05) is 12.8 Å². The molecule has 0 aliphatic rings. The van der Waals surface area contributed by atoms with E-state index in [1.807, 2.05) is 6.26 Å². The Morgan fingerprint density at radius 3 is 2.40 bits per heavy atom. The third-order valence-electron chi connectivity index (χ3n) is 2.51. The van der Waals surface area contributed by atoms with E-state index in [1.54, 1.807) is 11.8 Å². The van der Waals surface area contributed by atoms with Gasteiger partial charge in [0.2, 0.25) is 5.91 Å². The lowest BCUT2D eigenvalue weighted by Gasteiger charge is -2.26. The van der Waals surface area contributed by atoms with Crippen LogP contribution in [-0.2, 0) is 4.79 Å². The summed E-state index contributed by atoms with van der Waals surface area (Å²) in [5.74, 6) is 0.0540. The van der Waals surface area contributed by atoms with Gasteiger partial charge in [0.05, 0.1) is 0 Å². The van der Waals surface area contributed by atoms with Crippen molar-refractivity contribution in [2.24, 2.45) is 11.1 Å². The van der Waals surface area contributed by atoms with Crippen molar-refractivity contribution in [2.45, 2.75) is 45.4 Å². The van der Waals surface area contributed by atoms with Gasteiger partial charge < -0.3 is 11.1 Å². The van der Waals surface area contributed by atoms with Crippen molar-refractivity contribution in [3.8, 4) is 0 Å². The minimum absolute atomic E-state index is 0.0114. The second-order valence-corrected chi connectivity index (χ2v) is 6.30. The predicted octanol–water partition coefficient (Wildman–Crippen LogP) is 1.62. The van der Waals surface area contributed by atoms with Crippen molar-refractivity contribution >= 4 is 17.7 Å². The molecule has 3 N–H and O–H groups in total. The number of thioether (sulfide) groups is 1. The zero-order valence-electron chi connectivity index (χ0n) is 10.5. The van der Waals surface area contributed by atoms with Crippen molar-refractivity contribution in [1.82, 2.24) is 5.32 Å². The van der Waals surface area contributed by atoms with E-state index in [0.29, 0.717) is 11.7 Å². The van der Waals surface area contributed by atoms with Gasteiger partial charge in [0.1, 0.15) is 0 Å². The average Bonchev–Trinajstić information content (AvgIpc) is 2.12. The Hall–Kier alpha value is -0.220. The monoisotopic (exact) mass is 232 g/mol. The molecule has 0 aliphatic carbocycles. The van der Waals surface area contributed by atoms with Gasteiger partial charge in [0.15, 0.2) is 0 Å². The van der Waals surface area contributed by atoms with E-state index < -0.39 is 0 Å². The summed E-state index contributed by atoms with van der Waals surface area (Å²) in [6.07, 6.45) is 2.45. The first-order valence-corrected chi connectivity index (χ1v) is 6.61. The minimum Gasteiger partial charge on any atom is -0.355 e. The van der Waals surface area contributed by atoms with Crippen LogP contribution in [0.25, 0.3) is 0 Å². The average molecular weight is 232 g/mol. The molecule has 0 saturated heterocycles. The van der Waals surface area contributed by atoms with Crippen LogP contribution in [0, 0.1) is 5.41 Å². The predicted molar refractivity (Wildman–Crippen MR) is 68.0 cm³/mol. The summed E-state index contributed by atoms with van der Waals surface area (Å²) < 4.78 is 0. The Kier molecular flexibility index (Phi) is 6.29. The molecule has 1 amide bonds. The molecule has 15 heavy (non-hydrogen) atoms. The highest BCUT2D eigenvalue weighted by Crippen LogP contribution is 2.19. The Morgan fingerprint density at radius 2 is 2.00 bits per heavy atom. The van der Waals surface area contributed by atoms with E-state index in [2.05, 4.69) is 33.0 Å². The molecule has 0 aromatic heterocycles. The van der Waals surface area contributed by atoms with Crippen LogP contribution in [0.15, 0.2) is 0 Å². The molecule has 0 rings (SSSR count). The van der Waals surface area contributed by atoms with Gasteiger partial charge in [-0.3, -0.25) is 4.79 Å². The summed E-state index contributed by atoms with van der Waals surface area (Å²) in [4.78, 5) is 11.5. The molecular formula is C11H24N2OS. The van der Waals surface area contributed by atoms with Gasteiger partial charge in [0, 0.05) is 24.3 Å². The van der Waals surface area contributed by atoms with Crippen molar-refractivity contribution in [3.05, 3.63) is 0 Å². The number of carbonyl (C=O) groups is 1. The molecule has 90 valence electrons. The lowest BCUT2D eigenvalue weighted by atomic mass is 9.85. The number of rotatable bonds is 5. The van der Waals surface area contributed by atoms with Crippen LogP contribution in [0.4, 0.5) is 0 Å². The Balaban J connectivity index is 3.84. The molecule has 0 heterocycles. The zero-order valence-corrected chi connectivity index (χ0v) is 11.3. The second kappa shape index (κ2) is 6.38. The molecule has 3 nitrogen and oxygen atoms in total. The molecule has 2 atom stereocenters. The lowest BCUT2D eigenvalue weighted by molar-refractivity contribution is -0.121. The van der Waals surface area contributed by atoms with Crippen LogP contribution < -0.4 is 11.1 Å². The SMILES string of the molecule is CSC(C)CNC(=O)CC(N)C(C)(C)C. The standard InChI is InChI=1S/C11H24N2OS/c1-8(15-5)7-13-10(14)6-9(12)11(2,3)4/h8-9H,6-7,12H2,1-5H3,(H,13,14). The quantitative estimate of drug-likeness (QED) is 0.757. The molecule has 0 aromatic carbocycles. The first-order chi connectivity index (χ1) is 6.77. The molecule has 0 saturated carbocycles. The summed E-state index contributed by atoms with van der Waals surface area (Å²) in [6.45, 7) is 8.96. The zero-order chi connectivity index (χ0) is 12.1. The van der Waals surface area contributed by atoms with Gasteiger partial charge in [-0.2, -0.15) is 11.8 Å². The highest BCUT2D eigenvalue weighted by Gasteiger charge is 2.22. The Morgan fingerprint density at radius 1 is 1.47 bits per heavy atom. The van der Waals surface area contributed by atoms with Crippen LogP contribution in [0.3, 0.4) is 0 Å². The van der Waals surface area contributed by atoms with Gasteiger partial charge in [-0.25, -0.2) is 0 Å². The lowest BCUT2D eigenvalue weighted by Crippen LogP contribution is -2.41. The molecular weight excluding hydrogens is 208 g/mol. The number of hydrogen-bond acceptors (Lipinski definition) is 3. The Labute approximate surface area is 97.6 Å². The largest absolute Gasteiger partial charge is 0.355 e. The van der Waals surface area contributed by atoms with Gasteiger partial charge in [-0.05, 0) is 11.7 Å². The van der Waals surface area contributed by atoms with Crippen LogP contribution in [0.5, 0.6) is 0 Å². The topological polar surface area (TPSA) is 55.1 Å². The highest BCUT2D eigenvalue weighted by atomic mass is 32.2. The number of carbonyl (C=O) groups excluding carboxylic acids is 1. The molecule has 2 unspecified atom stereocenters. The van der Waals surface area contributed by atoms with Gasteiger partial charge >= 0.3 is 0 Å². The van der Waals surface area contributed by atoms with Crippen molar-refractivity contribution in [3.63, 3.8) is 0 Å². The van der Waals surface area contributed by atoms with Crippen molar-refractivity contribution in [1.29, 1.82) is 0 Å². The third kappa shape index (κ3) is 6.79. The maximum atomic E-state index is 11.5. The van der Waals surface area contributed by atoms with E-state index in [1.165, 1.54) is 0 Å². The Bertz CT molecular complexity index is 201. The number of hydrogen-bond donors (Lipinski definition) is 2. The van der Waals surface area contributed by atoms with E-state index in [9.17, 15) is 4.79 Å². The smallest absolute Gasteiger partial charge is 0.221 e. The van der Waals surface area contributed by atoms with Crippen LogP contribution in [-0.4, -0.2) is 30.0 Å². The fraction of sp³-hybridized carbons (Fsp3) is 0.909. The van der Waals surface area contributed by atoms with Crippen LogP contribution in [0.1, 0.15) is 34.1 Å². The van der Waals surface area contributed by atoms with E-state index in [-0.39, 0.29) is 17.4 Å². The van der Waals surface area contributed by atoms with Gasteiger partial charge in [-0.1, -0.05) is 27.7 Å². The molecule has 0 fully saturated rings. The first-order valence-electron chi connectivity index (χ1n) is 5.32. The van der Waals surface area contributed by atoms with Crippen molar-refractivity contribution < 1.29 is 4.79 Å². The summed E-state index contributed by atoms with van der Waals surface area (Å²) in [6, 6.07) is -0.0814. The molecule has 0 bridgehead atoms. The van der Waals surface area contributed by atoms with Gasteiger partial charge in [0.25, 0.3) is 0 Å².